The van der Waals surface area contributed by atoms with Gasteiger partial charge in [-0.15, -0.1) is 0 Å². The smallest absolute Gasteiger partial charge is 0.253 e. The van der Waals surface area contributed by atoms with Gasteiger partial charge in [0.2, 0.25) is 5.91 Å². The van der Waals surface area contributed by atoms with E-state index in [1.54, 1.807) is 32.3 Å². The molecule has 1 saturated heterocycles. The van der Waals surface area contributed by atoms with Crippen molar-refractivity contribution in [1.29, 1.82) is 0 Å². The van der Waals surface area contributed by atoms with Gasteiger partial charge in [-0.25, -0.2) is 0 Å². The van der Waals surface area contributed by atoms with Crippen LogP contribution < -0.4 is 10.6 Å². The highest BCUT2D eigenvalue weighted by Crippen LogP contribution is 2.18. The monoisotopic (exact) mass is 289 g/mol. The lowest BCUT2D eigenvalue weighted by Gasteiger charge is -2.22. The molecular weight excluding hydrogens is 266 g/mol. The number of anilines is 1. The van der Waals surface area contributed by atoms with E-state index >= 15 is 0 Å². The molecule has 114 valence electrons. The number of carbonyl (C=O) groups is 2. The van der Waals surface area contributed by atoms with Crippen LogP contribution in [0.2, 0.25) is 0 Å². The minimum atomic E-state index is -0.0653. The van der Waals surface area contributed by atoms with Crippen molar-refractivity contribution >= 4 is 17.5 Å². The fourth-order valence-corrected chi connectivity index (χ4v) is 2.55. The summed E-state index contributed by atoms with van der Waals surface area (Å²) >= 11 is 0. The van der Waals surface area contributed by atoms with E-state index in [-0.39, 0.29) is 11.8 Å². The SMILES string of the molecule is CN(C)C(=O)c1cccc(NC(=O)CC2CCNCC2)c1. The molecule has 0 bridgehead atoms. The van der Waals surface area contributed by atoms with Crippen LogP contribution in [0.1, 0.15) is 29.6 Å². The van der Waals surface area contributed by atoms with Crippen molar-refractivity contribution in [3.8, 4) is 0 Å². The van der Waals surface area contributed by atoms with Crippen LogP contribution in [0, 0.1) is 5.92 Å². The van der Waals surface area contributed by atoms with E-state index in [1.807, 2.05) is 6.07 Å². The molecule has 0 radical (unpaired) electrons. The lowest BCUT2D eigenvalue weighted by molar-refractivity contribution is -0.117. The fraction of sp³-hybridized carbons (Fsp3) is 0.500. The predicted molar refractivity (Wildman–Crippen MR) is 83.3 cm³/mol. The molecule has 0 aliphatic carbocycles. The van der Waals surface area contributed by atoms with E-state index in [0.29, 0.717) is 23.6 Å². The first-order valence-corrected chi connectivity index (χ1v) is 7.38. The van der Waals surface area contributed by atoms with Crippen LogP contribution in [0.3, 0.4) is 0 Å². The summed E-state index contributed by atoms with van der Waals surface area (Å²) in [4.78, 5) is 25.5. The maximum absolute atomic E-state index is 12.1. The molecule has 1 aromatic carbocycles. The van der Waals surface area contributed by atoms with Crippen LogP contribution in [-0.4, -0.2) is 43.9 Å². The van der Waals surface area contributed by atoms with E-state index in [4.69, 9.17) is 0 Å². The second kappa shape index (κ2) is 7.22. The van der Waals surface area contributed by atoms with Gasteiger partial charge in [0.1, 0.15) is 0 Å². The molecule has 2 amide bonds. The largest absolute Gasteiger partial charge is 0.345 e. The van der Waals surface area contributed by atoms with Crippen molar-refractivity contribution in [3.63, 3.8) is 0 Å². The standard InChI is InChI=1S/C16H23N3O2/c1-19(2)16(21)13-4-3-5-14(11-13)18-15(20)10-12-6-8-17-9-7-12/h3-5,11-12,17H,6-10H2,1-2H3,(H,18,20). The Morgan fingerprint density at radius 3 is 2.67 bits per heavy atom. The van der Waals surface area contributed by atoms with Gasteiger partial charge in [0.25, 0.3) is 5.91 Å². The maximum Gasteiger partial charge on any atom is 0.253 e. The Hall–Kier alpha value is -1.88. The molecule has 1 aromatic rings. The van der Waals surface area contributed by atoms with Crippen LogP contribution in [-0.2, 0) is 4.79 Å². The average molecular weight is 289 g/mol. The molecule has 2 N–H and O–H groups in total. The minimum Gasteiger partial charge on any atom is -0.345 e. The molecular formula is C16H23N3O2. The maximum atomic E-state index is 12.1. The van der Waals surface area contributed by atoms with Gasteiger partial charge in [-0.1, -0.05) is 6.07 Å². The van der Waals surface area contributed by atoms with Crippen LogP contribution in [0.5, 0.6) is 0 Å². The van der Waals surface area contributed by atoms with Crippen molar-refractivity contribution in [2.24, 2.45) is 5.92 Å². The van der Waals surface area contributed by atoms with Gasteiger partial charge in [0.05, 0.1) is 0 Å². The first kappa shape index (κ1) is 15.5. The molecule has 0 unspecified atom stereocenters. The Labute approximate surface area is 125 Å². The second-order valence-electron chi connectivity index (χ2n) is 5.73. The lowest BCUT2D eigenvalue weighted by Crippen LogP contribution is -2.30. The normalized spacial score (nSPS) is 15.5. The molecule has 5 heteroatoms. The summed E-state index contributed by atoms with van der Waals surface area (Å²) in [5, 5.41) is 6.19. The van der Waals surface area contributed by atoms with Crippen molar-refractivity contribution < 1.29 is 9.59 Å². The molecule has 2 rings (SSSR count). The van der Waals surface area contributed by atoms with Gasteiger partial charge in [-0.2, -0.15) is 0 Å². The molecule has 0 spiro atoms. The van der Waals surface area contributed by atoms with E-state index in [1.165, 1.54) is 4.90 Å². The van der Waals surface area contributed by atoms with Crippen molar-refractivity contribution in [2.45, 2.75) is 19.3 Å². The summed E-state index contributed by atoms with van der Waals surface area (Å²) in [5.41, 5.74) is 1.27. The molecule has 1 fully saturated rings. The molecule has 5 nitrogen and oxygen atoms in total. The first-order chi connectivity index (χ1) is 10.1. The zero-order valence-electron chi connectivity index (χ0n) is 12.7. The number of rotatable bonds is 4. The van der Waals surface area contributed by atoms with Gasteiger partial charge in [-0.3, -0.25) is 9.59 Å². The number of hydrogen-bond acceptors (Lipinski definition) is 3. The topological polar surface area (TPSA) is 61.4 Å². The molecule has 21 heavy (non-hydrogen) atoms. The van der Waals surface area contributed by atoms with E-state index < -0.39 is 0 Å². The van der Waals surface area contributed by atoms with Gasteiger partial charge >= 0.3 is 0 Å². The third-order valence-corrected chi connectivity index (χ3v) is 3.73. The van der Waals surface area contributed by atoms with E-state index in [2.05, 4.69) is 10.6 Å². The van der Waals surface area contributed by atoms with E-state index in [9.17, 15) is 9.59 Å². The zero-order chi connectivity index (χ0) is 15.2. The third-order valence-electron chi connectivity index (χ3n) is 3.73. The number of nitrogens with one attached hydrogen (secondary N) is 2. The van der Waals surface area contributed by atoms with E-state index in [0.717, 1.165) is 25.9 Å². The van der Waals surface area contributed by atoms with Crippen LogP contribution in [0.25, 0.3) is 0 Å². The van der Waals surface area contributed by atoms with Gasteiger partial charge < -0.3 is 15.5 Å². The minimum absolute atomic E-state index is 0.0244. The molecule has 0 atom stereocenters. The van der Waals surface area contributed by atoms with Crippen LogP contribution in [0.4, 0.5) is 5.69 Å². The van der Waals surface area contributed by atoms with Crippen LogP contribution >= 0.6 is 0 Å². The fourth-order valence-electron chi connectivity index (χ4n) is 2.55. The average Bonchev–Trinajstić information content (AvgIpc) is 2.47. The summed E-state index contributed by atoms with van der Waals surface area (Å²) in [6.45, 7) is 1.98. The second-order valence-corrected chi connectivity index (χ2v) is 5.73. The molecule has 0 aromatic heterocycles. The number of amides is 2. The Bertz CT molecular complexity index is 508. The van der Waals surface area contributed by atoms with Gasteiger partial charge in [0, 0.05) is 31.8 Å². The molecule has 1 heterocycles. The summed E-state index contributed by atoms with van der Waals surface area (Å²) in [7, 11) is 3.43. The highest BCUT2D eigenvalue weighted by Gasteiger charge is 2.17. The number of nitrogens with zero attached hydrogens (tertiary/aromatic N) is 1. The van der Waals surface area contributed by atoms with Crippen molar-refractivity contribution in [3.05, 3.63) is 29.8 Å². The number of benzene rings is 1. The Kier molecular flexibility index (Phi) is 5.33. The third kappa shape index (κ3) is 4.56. The molecule has 1 aliphatic heterocycles. The van der Waals surface area contributed by atoms with Gasteiger partial charge in [-0.05, 0) is 50.0 Å². The Balaban J connectivity index is 1.94. The zero-order valence-corrected chi connectivity index (χ0v) is 12.7. The first-order valence-electron chi connectivity index (χ1n) is 7.38. The summed E-state index contributed by atoms with van der Waals surface area (Å²) in [6, 6.07) is 7.08. The Morgan fingerprint density at radius 2 is 2.00 bits per heavy atom. The highest BCUT2D eigenvalue weighted by molar-refractivity contribution is 5.97. The Morgan fingerprint density at radius 1 is 1.29 bits per heavy atom. The summed E-state index contributed by atoms with van der Waals surface area (Å²) < 4.78 is 0. The highest BCUT2D eigenvalue weighted by atomic mass is 16.2. The van der Waals surface area contributed by atoms with Crippen molar-refractivity contribution in [1.82, 2.24) is 10.2 Å². The quantitative estimate of drug-likeness (QED) is 0.887. The van der Waals surface area contributed by atoms with Crippen LogP contribution in [0.15, 0.2) is 24.3 Å². The number of piperidine rings is 1. The number of hydrogen-bond donors (Lipinski definition) is 2. The van der Waals surface area contributed by atoms with Gasteiger partial charge in [0.15, 0.2) is 0 Å². The van der Waals surface area contributed by atoms with Crippen molar-refractivity contribution in [2.75, 3.05) is 32.5 Å². The summed E-state index contributed by atoms with van der Waals surface area (Å²) in [5.74, 6) is 0.415. The number of carbonyl (C=O) groups excluding carboxylic acids is 2. The summed E-state index contributed by atoms with van der Waals surface area (Å²) in [6.07, 6.45) is 2.65. The predicted octanol–water partition coefficient (Wildman–Crippen LogP) is 1.72. The lowest BCUT2D eigenvalue weighted by atomic mass is 9.94. The molecule has 0 saturated carbocycles. The molecule has 1 aliphatic rings.